The largest absolute Gasteiger partial charge is 0.497 e. The molecule has 4 aromatic rings. The van der Waals surface area contributed by atoms with Crippen LogP contribution >= 0.6 is 23.1 Å². The van der Waals surface area contributed by atoms with Crippen molar-refractivity contribution in [2.75, 3.05) is 12.9 Å². The van der Waals surface area contributed by atoms with Gasteiger partial charge in [0.05, 0.1) is 18.6 Å². The number of ether oxygens (including phenoxy) is 1. The third kappa shape index (κ3) is 4.72. The summed E-state index contributed by atoms with van der Waals surface area (Å²) in [6.45, 7) is 0. The minimum atomic E-state index is -0.266. The smallest absolute Gasteiger partial charge is 0.231 e. The van der Waals surface area contributed by atoms with Gasteiger partial charge in [0.2, 0.25) is 5.91 Å². The van der Waals surface area contributed by atoms with Crippen LogP contribution in [0.25, 0.3) is 5.69 Å². The monoisotopic (exact) mass is 436 g/mol. The number of aromatic nitrogens is 3. The number of thiazole rings is 1. The molecule has 152 valence electrons. The average Bonchev–Trinajstić information content (AvgIpc) is 3.49. The molecule has 4 rings (SSSR count). The molecule has 1 atom stereocenters. The molecule has 30 heavy (non-hydrogen) atoms. The molecule has 2 aromatic carbocycles. The van der Waals surface area contributed by atoms with E-state index >= 15 is 0 Å². The maximum atomic E-state index is 12.8. The number of hydrogen-bond acceptors (Lipinski definition) is 6. The second-order valence-electron chi connectivity index (χ2n) is 6.35. The first kappa shape index (κ1) is 20.2. The van der Waals surface area contributed by atoms with Crippen LogP contribution in [0.1, 0.15) is 16.6 Å². The zero-order valence-electron chi connectivity index (χ0n) is 16.3. The molecule has 1 N–H and O–H groups in total. The minimum absolute atomic E-state index is 0.0794. The van der Waals surface area contributed by atoms with Crippen molar-refractivity contribution >= 4 is 29.0 Å². The van der Waals surface area contributed by atoms with E-state index in [4.69, 9.17) is 4.74 Å². The summed E-state index contributed by atoms with van der Waals surface area (Å²) in [4.78, 5) is 21.6. The maximum absolute atomic E-state index is 12.8. The van der Waals surface area contributed by atoms with Crippen LogP contribution < -0.4 is 10.1 Å². The second kappa shape index (κ2) is 9.60. The van der Waals surface area contributed by atoms with Gasteiger partial charge in [-0.2, -0.15) is 0 Å². The van der Waals surface area contributed by atoms with E-state index < -0.39 is 0 Å². The Kier molecular flexibility index (Phi) is 6.46. The number of hydrogen-bond donors (Lipinski definition) is 1. The van der Waals surface area contributed by atoms with Crippen molar-refractivity contribution in [3.63, 3.8) is 0 Å². The number of amides is 1. The van der Waals surface area contributed by atoms with Crippen molar-refractivity contribution < 1.29 is 9.53 Å². The van der Waals surface area contributed by atoms with Crippen LogP contribution in [-0.4, -0.2) is 33.3 Å². The molecule has 1 amide bonds. The highest BCUT2D eigenvalue weighted by Gasteiger charge is 2.19. The molecule has 8 heteroatoms. The molecule has 0 aliphatic carbocycles. The summed E-state index contributed by atoms with van der Waals surface area (Å²) in [7, 11) is 1.64. The summed E-state index contributed by atoms with van der Waals surface area (Å²) >= 11 is 2.91. The molecule has 0 aliphatic rings. The van der Waals surface area contributed by atoms with Crippen molar-refractivity contribution in [3.8, 4) is 11.4 Å². The maximum Gasteiger partial charge on any atom is 0.231 e. The summed E-state index contributed by atoms with van der Waals surface area (Å²) in [5, 5.41) is 6.62. The van der Waals surface area contributed by atoms with E-state index in [2.05, 4.69) is 15.3 Å². The normalized spacial score (nSPS) is 11.8. The van der Waals surface area contributed by atoms with Gasteiger partial charge in [-0.3, -0.25) is 9.36 Å². The molecule has 2 aromatic heterocycles. The Balaban J connectivity index is 1.46. The SMILES string of the molecule is COc1cccc(-n2ccnc2SCC(=O)NC(c2ccccc2)c2nccs2)c1. The van der Waals surface area contributed by atoms with Gasteiger partial charge in [-0.15, -0.1) is 11.3 Å². The van der Waals surface area contributed by atoms with Crippen molar-refractivity contribution in [1.82, 2.24) is 19.9 Å². The van der Waals surface area contributed by atoms with E-state index in [-0.39, 0.29) is 17.7 Å². The lowest BCUT2D eigenvalue weighted by Crippen LogP contribution is -2.30. The Bertz CT molecular complexity index is 1100. The summed E-state index contributed by atoms with van der Waals surface area (Å²) < 4.78 is 7.24. The average molecular weight is 437 g/mol. The van der Waals surface area contributed by atoms with Crippen LogP contribution in [-0.2, 0) is 4.79 Å². The molecule has 6 nitrogen and oxygen atoms in total. The fourth-order valence-corrected chi connectivity index (χ4v) is 4.49. The van der Waals surface area contributed by atoms with E-state index in [1.807, 2.05) is 70.7 Å². The highest BCUT2D eigenvalue weighted by molar-refractivity contribution is 7.99. The number of imidazole rings is 1. The number of benzene rings is 2. The quantitative estimate of drug-likeness (QED) is 0.416. The van der Waals surface area contributed by atoms with Crippen LogP contribution in [0.3, 0.4) is 0 Å². The minimum Gasteiger partial charge on any atom is -0.497 e. The third-order valence-corrected chi connectivity index (χ3v) is 6.21. The van der Waals surface area contributed by atoms with Crippen molar-refractivity contribution in [2.45, 2.75) is 11.2 Å². The summed E-state index contributed by atoms with van der Waals surface area (Å²) in [6, 6.07) is 17.3. The van der Waals surface area contributed by atoms with Gasteiger partial charge in [-0.05, 0) is 17.7 Å². The van der Waals surface area contributed by atoms with E-state index in [9.17, 15) is 4.79 Å². The molecule has 0 fully saturated rings. The predicted octanol–water partition coefficient (Wildman–Crippen LogP) is 4.34. The lowest BCUT2D eigenvalue weighted by molar-refractivity contribution is -0.119. The van der Waals surface area contributed by atoms with Gasteiger partial charge in [0, 0.05) is 30.0 Å². The first-order valence-electron chi connectivity index (χ1n) is 9.29. The first-order valence-corrected chi connectivity index (χ1v) is 11.2. The second-order valence-corrected chi connectivity index (χ2v) is 8.22. The number of methoxy groups -OCH3 is 1. The zero-order valence-corrected chi connectivity index (χ0v) is 17.9. The van der Waals surface area contributed by atoms with E-state index in [0.29, 0.717) is 0 Å². The molecule has 0 saturated heterocycles. The van der Waals surface area contributed by atoms with Crippen LogP contribution in [0, 0.1) is 0 Å². The molecule has 0 saturated carbocycles. The number of carbonyl (C=O) groups excluding carboxylic acids is 1. The zero-order chi connectivity index (χ0) is 20.8. The molecule has 0 bridgehead atoms. The van der Waals surface area contributed by atoms with Crippen molar-refractivity contribution in [2.24, 2.45) is 0 Å². The van der Waals surface area contributed by atoms with Crippen molar-refractivity contribution in [1.29, 1.82) is 0 Å². The molecule has 1 unspecified atom stereocenters. The van der Waals surface area contributed by atoms with Gasteiger partial charge >= 0.3 is 0 Å². The number of rotatable bonds is 8. The Morgan fingerprint density at radius 2 is 2.03 bits per heavy atom. The van der Waals surface area contributed by atoms with Gasteiger partial charge in [-0.25, -0.2) is 9.97 Å². The van der Waals surface area contributed by atoms with Gasteiger partial charge < -0.3 is 10.1 Å². The van der Waals surface area contributed by atoms with Gasteiger partial charge in [0.25, 0.3) is 0 Å². The summed E-state index contributed by atoms with van der Waals surface area (Å²) in [5.74, 6) is 0.934. The van der Waals surface area contributed by atoms with Gasteiger partial charge in [0.1, 0.15) is 16.8 Å². The van der Waals surface area contributed by atoms with Gasteiger partial charge in [0.15, 0.2) is 5.16 Å². The fraction of sp³-hybridized carbons (Fsp3) is 0.136. The van der Waals surface area contributed by atoms with Gasteiger partial charge in [-0.1, -0.05) is 48.2 Å². The number of nitrogens with zero attached hydrogens (tertiary/aromatic N) is 3. The van der Waals surface area contributed by atoms with Crippen molar-refractivity contribution in [3.05, 3.63) is 89.1 Å². The molecule has 0 spiro atoms. The Labute approximate surface area is 183 Å². The lowest BCUT2D eigenvalue weighted by Gasteiger charge is -2.17. The predicted molar refractivity (Wildman–Crippen MR) is 119 cm³/mol. The Hall–Kier alpha value is -3.10. The third-order valence-electron chi connectivity index (χ3n) is 4.41. The fourth-order valence-electron chi connectivity index (χ4n) is 3.00. The first-order chi connectivity index (χ1) is 14.7. The highest BCUT2D eigenvalue weighted by Crippen LogP contribution is 2.26. The summed E-state index contributed by atoms with van der Waals surface area (Å²) in [6.07, 6.45) is 5.35. The lowest BCUT2D eigenvalue weighted by atomic mass is 10.1. The number of nitrogens with one attached hydrogen (secondary N) is 1. The van der Waals surface area contributed by atoms with Crippen LogP contribution in [0.4, 0.5) is 0 Å². The van der Waals surface area contributed by atoms with Crippen LogP contribution in [0.5, 0.6) is 5.75 Å². The Morgan fingerprint density at radius 3 is 2.80 bits per heavy atom. The topological polar surface area (TPSA) is 69.0 Å². The molecule has 2 heterocycles. The standard InChI is InChI=1S/C22H20N4O2S2/c1-28-18-9-5-8-17(14-18)26-12-10-24-22(26)30-15-19(27)25-20(21-23-11-13-29-21)16-6-3-2-4-7-16/h2-14,20H,15H2,1H3,(H,25,27). The van der Waals surface area contributed by atoms with Crippen LogP contribution in [0.15, 0.2) is 83.7 Å². The molecule has 0 aliphatic heterocycles. The molecule has 0 radical (unpaired) electrons. The molecular weight excluding hydrogens is 416 g/mol. The Morgan fingerprint density at radius 1 is 1.17 bits per heavy atom. The number of thioether (sulfide) groups is 1. The summed E-state index contributed by atoms with van der Waals surface area (Å²) in [5.41, 5.74) is 1.93. The highest BCUT2D eigenvalue weighted by atomic mass is 32.2. The van der Waals surface area contributed by atoms with E-state index in [0.717, 1.165) is 27.2 Å². The molecular formula is C22H20N4O2S2. The van der Waals surface area contributed by atoms with E-state index in [1.165, 1.54) is 23.1 Å². The number of carbonyl (C=O) groups is 1. The van der Waals surface area contributed by atoms with Crippen LogP contribution in [0.2, 0.25) is 0 Å². The van der Waals surface area contributed by atoms with E-state index in [1.54, 1.807) is 19.5 Å².